The Balaban J connectivity index is 2.16. The molecule has 0 saturated carbocycles. The summed E-state index contributed by atoms with van der Waals surface area (Å²) in [5, 5.41) is 5.92. The molecule has 1 fully saturated rings. The van der Waals surface area contributed by atoms with E-state index in [4.69, 9.17) is 0 Å². The van der Waals surface area contributed by atoms with Gasteiger partial charge in [0, 0.05) is 32.1 Å². The summed E-state index contributed by atoms with van der Waals surface area (Å²) in [6.45, 7) is 10.6. The summed E-state index contributed by atoms with van der Waals surface area (Å²) >= 11 is 0. The second-order valence-corrected chi connectivity index (χ2v) is 7.28. The minimum atomic E-state index is -0.198. The second kappa shape index (κ2) is 8.88. The van der Waals surface area contributed by atoms with Crippen molar-refractivity contribution in [3.05, 3.63) is 35.4 Å². The molecule has 1 aromatic rings. The van der Waals surface area contributed by atoms with Gasteiger partial charge < -0.3 is 15.5 Å². The predicted octanol–water partition coefficient (Wildman–Crippen LogP) is 2.90. The van der Waals surface area contributed by atoms with Crippen molar-refractivity contribution in [1.29, 1.82) is 0 Å². The third-order valence-electron chi connectivity index (χ3n) is 4.88. The third-order valence-corrected chi connectivity index (χ3v) is 4.88. The van der Waals surface area contributed by atoms with Gasteiger partial charge in [0.1, 0.15) is 0 Å². The Labute approximate surface area is 151 Å². The van der Waals surface area contributed by atoms with Gasteiger partial charge in [-0.2, -0.15) is 0 Å². The Bertz CT molecular complexity index is 600. The molecule has 0 radical (unpaired) electrons. The number of carbonyl (C=O) groups excluding carboxylic acids is 2. The maximum Gasteiger partial charge on any atom is 0.317 e. The number of carbonyl (C=O) groups is 2. The highest BCUT2D eigenvalue weighted by Crippen LogP contribution is 2.34. The summed E-state index contributed by atoms with van der Waals surface area (Å²) in [4.78, 5) is 26.8. The molecular weight excluding hydrogens is 314 g/mol. The molecule has 25 heavy (non-hydrogen) atoms. The van der Waals surface area contributed by atoms with Crippen molar-refractivity contribution in [2.45, 2.75) is 40.0 Å². The van der Waals surface area contributed by atoms with Crippen molar-refractivity contribution >= 4 is 11.9 Å². The summed E-state index contributed by atoms with van der Waals surface area (Å²) in [6.07, 6.45) is 0.966. The summed E-state index contributed by atoms with van der Waals surface area (Å²) < 4.78 is 0. The molecule has 2 atom stereocenters. The quantitative estimate of drug-likeness (QED) is 0.833. The smallest absolute Gasteiger partial charge is 0.317 e. The molecule has 0 aliphatic carbocycles. The molecule has 1 aliphatic rings. The van der Waals surface area contributed by atoms with E-state index >= 15 is 0 Å². The van der Waals surface area contributed by atoms with Crippen molar-refractivity contribution in [3.8, 4) is 0 Å². The number of benzene rings is 1. The Hall–Kier alpha value is -2.04. The third kappa shape index (κ3) is 4.97. The highest BCUT2D eigenvalue weighted by Gasteiger charge is 2.40. The standard InChI is InChI=1S/C20H31N3O2/c1-5-21-20(25)23-12-17(16-9-7-6-8-15(16)4)18(13-23)19(24)22-11-10-14(2)3/h6-9,14,17-18H,5,10-13H2,1-4H3,(H,21,25)(H,22,24). The fourth-order valence-corrected chi connectivity index (χ4v) is 3.43. The molecule has 1 saturated heterocycles. The van der Waals surface area contributed by atoms with Crippen LogP contribution >= 0.6 is 0 Å². The van der Waals surface area contributed by atoms with E-state index in [9.17, 15) is 9.59 Å². The van der Waals surface area contributed by atoms with E-state index in [0.29, 0.717) is 32.1 Å². The lowest BCUT2D eigenvalue weighted by atomic mass is 9.86. The zero-order chi connectivity index (χ0) is 18.4. The van der Waals surface area contributed by atoms with Gasteiger partial charge in [0.05, 0.1) is 5.92 Å². The molecule has 5 heteroatoms. The summed E-state index contributed by atoms with van der Waals surface area (Å²) in [6, 6.07) is 8.07. The SMILES string of the molecule is CCNC(=O)N1CC(C(=O)NCCC(C)C)C(c2ccccc2C)C1. The van der Waals surface area contributed by atoms with Crippen LogP contribution < -0.4 is 10.6 Å². The zero-order valence-electron chi connectivity index (χ0n) is 15.8. The van der Waals surface area contributed by atoms with E-state index in [1.165, 1.54) is 11.1 Å². The number of nitrogens with one attached hydrogen (secondary N) is 2. The van der Waals surface area contributed by atoms with E-state index in [2.05, 4.69) is 43.5 Å². The van der Waals surface area contributed by atoms with Gasteiger partial charge in [0.15, 0.2) is 0 Å². The summed E-state index contributed by atoms with van der Waals surface area (Å²) in [5.41, 5.74) is 2.34. The molecular formula is C20H31N3O2. The molecule has 2 N–H and O–H groups in total. The maximum absolute atomic E-state index is 12.8. The van der Waals surface area contributed by atoms with E-state index < -0.39 is 0 Å². The van der Waals surface area contributed by atoms with Crippen LogP contribution in [0.3, 0.4) is 0 Å². The molecule has 5 nitrogen and oxygen atoms in total. The van der Waals surface area contributed by atoms with Crippen LogP contribution in [0.1, 0.15) is 44.2 Å². The monoisotopic (exact) mass is 345 g/mol. The summed E-state index contributed by atoms with van der Waals surface area (Å²) in [5.74, 6) is 0.460. The molecule has 0 bridgehead atoms. The van der Waals surface area contributed by atoms with Crippen LogP contribution in [0.5, 0.6) is 0 Å². The molecule has 0 spiro atoms. The second-order valence-electron chi connectivity index (χ2n) is 7.28. The first-order valence-electron chi connectivity index (χ1n) is 9.30. The van der Waals surface area contributed by atoms with Gasteiger partial charge in [-0.15, -0.1) is 0 Å². The van der Waals surface area contributed by atoms with Crippen LogP contribution in [0.25, 0.3) is 0 Å². The molecule has 2 rings (SSSR count). The number of aryl methyl sites for hydroxylation is 1. The van der Waals surface area contributed by atoms with Gasteiger partial charge in [-0.25, -0.2) is 4.79 Å². The highest BCUT2D eigenvalue weighted by atomic mass is 16.2. The van der Waals surface area contributed by atoms with Crippen LogP contribution in [-0.2, 0) is 4.79 Å². The number of hydrogen-bond acceptors (Lipinski definition) is 2. The van der Waals surface area contributed by atoms with Crippen molar-refractivity contribution < 1.29 is 9.59 Å². The minimum Gasteiger partial charge on any atom is -0.356 e. The van der Waals surface area contributed by atoms with Gasteiger partial charge in [0.25, 0.3) is 0 Å². The normalized spacial score (nSPS) is 20.0. The lowest BCUT2D eigenvalue weighted by Gasteiger charge is -2.20. The summed E-state index contributed by atoms with van der Waals surface area (Å²) in [7, 11) is 0. The molecule has 1 aliphatic heterocycles. The molecule has 138 valence electrons. The molecule has 1 heterocycles. The molecule has 0 aromatic heterocycles. The van der Waals surface area contributed by atoms with Crippen LogP contribution in [0.15, 0.2) is 24.3 Å². The number of urea groups is 1. The average molecular weight is 345 g/mol. The van der Waals surface area contributed by atoms with E-state index in [1.807, 2.05) is 19.1 Å². The van der Waals surface area contributed by atoms with Gasteiger partial charge in [0.2, 0.25) is 5.91 Å². The van der Waals surface area contributed by atoms with Gasteiger partial charge in [-0.05, 0) is 37.3 Å². The number of rotatable bonds is 6. The predicted molar refractivity (Wildman–Crippen MR) is 101 cm³/mol. The van der Waals surface area contributed by atoms with Crippen molar-refractivity contribution in [3.63, 3.8) is 0 Å². The Morgan fingerprint density at radius 2 is 1.92 bits per heavy atom. The molecule has 2 unspecified atom stereocenters. The topological polar surface area (TPSA) is 61.4 Å². The minimum absolute atomic E-state index is 0.0443. The van der Waals surface area contributed by atoms with Crippen molar-refractivity contribution in [1.82, 2.24) is 15.5 Å². The first kappa shape index (κ1) is 19.3. The first-order chi connectivity index (χ1) is 11.9. The molecule has 1 aromatic carbocycles. The number of nitrogens with zero attached hydrogens (tertiary/aromatic N) is 1. The van der Waals surface area contributed by atoms with Crippen LogP contribution in [0, 0.1) is 18.8 Å². The van der Waals surface area contributed by atoms with Gasteiger partial charge in [-0.1, -0.05) is 38.1 Å². The van der Waals surface area contributed by atoms with Crippen LogP contribution in [0.2, 0.25) is 0 Å². The van der Waals surface area contributed by atoms with Crippen LogP contribution in [-0.4, -0.2) is 43.0 Å². The Kier molecular flexibility index (Phi) is 6.85. The van der Waals surface area contributed by atoms with Crippen molar-refractivity contribution in [2.75, 3.05) is 26.2 Å². The van der Waals surface area contributed by atoms with Gasteiger partial charge in [-0.3, -0.25) is 4.79 Å². The van der Waals surface area contributed by atoms with E-state index in [-0.39, 0.29) is 23.8 Å². The number of hydrogen-bond donors (Lipinski definition) is 2. The number of amides is 3. The van der Waals surface area contributed by atoms with Crippen LogP contribution in [0.4, 0.5) is 4.79 Å². The average Bonchev–Trinajstić information content (AvgIpc) is 3.00. The fourth-order valence-electron chi connectivity index (χ4n) is 3.43. The highest BCUT2D eigenvalue weighted by molar-refractivity contribution is 5.83. The Morgan fingerprint density at radius 1 is 1.20 bits per heavy atom. The van der Waals surface area contributed by atoms with E-state index in [0.717, 1.165) is 6.42 Å². The van der Waals surface area contributed by atoms with Crippen molar-refractivity contribution in [2.24, 2.45) is 11.8 Å². The fraction of sp³-hybridized carbons (Fsp3) is 0.600. The largest absolute Gasteiger partial charge is 0.356 e. The van der Waals surface area contributed by atoms with Gasteiger partial charge >= 0.3 is 6.03 Å². The Morgan fingerprint density at radius 3 is 2.56 bits per heavy atom. The number of likely N-dealkylation sites (tertiary alicyclic amines) is 1. The lowest BCUT2D eigenvalue weighted by molar-refractivity contribution is -0.124. The first-order valence-corrected chi connectivity index (χ1v) is 9.30. The lowest BCUT2D eigenvalue weighted by Crippen LogP contribution is -2.40. The van der Waals surface area contributed by atoms with E-state index in [1.54, 1.807) is 4.90 Å². The maximum atomic E-state index is 12.8. The zero-order valence-corrected chi connectivity index (χ0v) is 15.8. The molecule has 3 amide bonds.